The average Bonchev–Trinajstić information content (AvgIpc) is 2.09. The van der Waals surface area contributed by atoms with Gasteiger partial charge in [-0.2, -0.15) is 0 Å². The van der Waals surface area contributed by atoms with Crippen molar-refractivity contribution in [2.24, 2.45) is 0 Å². The molecule has 1 rings (SSSR count). The summed E-state index contributed by atoms with van der Waals surface area (Å²) < 4.78 is 29.1. The number of nitrogens with zero attached hydrogens (tertiary/aromatic N) is 1. The highest BCUT2D eigenvalue weighted by molar-refractivity contribution is 5.57. The maximum atomic E-state index is 12.3. The van der Waals surface area contributed by atoms with Gasteiger partial charge in [-0.3, -0.25) is 0 Å². The average molecular weight is 190 g/mol. The SMILES string of the molecule is COc1c(C(F)F)cnc(N)c1O. The zero-order valence-corrected chi connectivity index (χ0v) is 6.79. The molecule has 13 heavy (non-hydrogen) atoms. The minimum Gasteiger partial charge on any atom is -0.502 e. The number of nitrogen functional groups attached to an aromatic ring is 1. The first kappa shape index (κ1) is 9.50. The van der Waals surface area contributed by atoms with Gasteiger partial charge in [0.25, 0.3) is 6.43 Å². The van der Waals surface area contributed by atoms with Crippen LogP contribution in [0.5, 0.6) is 11.5 Å². The second-order valence-electron chi connectivity index (χ2n) is 2.28. The number of nitrogens with two attached hydrogens (primary N) is 1. The monoisotopic (exact) mass is 190 g/mol. The van der Waals surface area contributed by atoms with Gasteiger partial charge in [-0.1, -0.05) is 0 Å². The van der Waals surface area contributed by atoms with Crippen molar-refractivity contribution in [3.63, 3.8) is 0 Å². The van der Waals surface area contributed by atoms with Crippen molar-refractivity contribution in [2.75, 3.05) is 12.8 Å². The summed E-state index contributed by atoms with van der Waals surface area (Å²) in [5, 5.41) is 9.18. The summed E-state index contributed by atoms with van der Waals surface area (Å²) in [6, 6.07) is 0. The fraction of sp³-hybridized carbons (Fsp3) is 0.286. The number of anilines is 1. The molecule has 4 nitrogen and oxygen atoms in total. The maximum Gasteiger partial charge on any atom is 0.269 e. The van der Waals surface area contributed by atoms with Gasteiger partial charge in [0.1, 0.15) is 0 Å². The normalized spacial score (nSPS) is 10.5. The van der Waals surface area contributed by atoms with Gasteiger partial charge in [0, 0.05) is 6.20 Å². The molecule has 6 heteroatoms. The van der Waals surface area contributed by atoms with Gasteiger partial charge in [0.15, 0.2) is 11.6 Å². The number of hydrogen-bond donors (Lipinski definition) is 2. The Morgan fingerprint density at radius 1 is 1.62 bits per heavy atom. The molecule has 0 spiro atoms. The Kier molecular flexibility index (Phi) is 2.50. The molecule has 0 saturated carbocycles. The predicted octanol–water partition coefficient (Wildman–Crippen LogP) is 1.32. The Morgan fingerprint density at radius 3 is 2.69 bits per heavy atom. The van der Waals surface area contributed by atoms with E-state index in [4.69, 9.17) is 5.73 Å². The maximum absolute atomic E-state index is 12.3. The first-order valence-electron chi connectivity index (χ1n) is 3.37. The van der Waals surface area contributed by atoms with Crippen LogP contribution in [0.15, 0.2) is 6.20 Å². The van der Waals surface area contributed by atoms with Gasteiger partial charge in [-0.05, 0) is 0 Å². The van der Waals surface area contributed by atoms with Crippen LogP contribution in [-0.2, 0) is 0 Å². The lowest BCUT2D eigenvalue weighted by atomic mass is 10.2. The summed E-state index contributed by atoms with van der Waals surface area (Å²) in [5.41, 5.74) is 4.70. The summed E-state index contributed by atoms with van der Waals surface area (Å²) in [4.78, 5) is 3.38. The number of pyridine rings is 1. The molecule has 0 aliphatic heterocycles. The molecule has 0 aliphatic rings. The van der Waals surface area contributed by atoms with Crippen LogP contribution in [0, 0.1) is 0 Å². The first-order valence-corrected chi connectivity index (χ1v) is 3.37. The highest BCUT2D eigenvalue weighted by Crippen LogP contribution is 2.38. The predicted molar refractivity (Wildman–Crippen MR) is 41.8 cm³/mol. The minimum atomic E-state index is -2.76. The minimum absolute atomic E-state index is 0.235. The number of hydrogen-bond acceptors (Lipinski definition) is 4. The lowest BCUT2D eigenvalue weighted by Gasteiger charge is -2.09. The molecule has 0 unspecified atom stereocenters. The quantitative estimate of drug-likeness (QED) is 0.737. The van der Waals surface area contributed by atoms with Crippen molar-refractivity contribution in [1.82, 2.24) is 4.98 Å². The van der Waals surface area contributed by atoms with E-state index in [-0.39, 0.29) is 11.6 Å². The molecule has 0 amide bonds. The second-order valence-corrected chi connectivity index (χ2v) is 2.28. The molecular weight excluding hydrogens is 182 g/mol. The molecule has 0 aliphatic carbocycles. The van der Waals surface area contributed by atoms with Crippen molar-refractivity contribution in [2.45, 2.75) is 6.43 Å². The summed E-state index contributed by atoms with van der Waals surface area (Å²) >= 11 is 0. The molecule has 0 saturated heterocycles. The topological polar surface area (TPSA) is 68.4 Å². The number of methoxy groups -OCH3 is 1. The molecule has 0 bridgehead atoms. The van der Waals surface area contributed by atoms with Gasteiger partial charge in [-0.25, -0.2) is 13.8 Å². The largest absolute Gasteiger partial charge is 0.502 e. The molecule has 72 valence electrons. The highest BCUT2D eigenvalue weighted by atomic mass is 19.3. The molecular formula is C7H8F2N2O2. The van der Waals surface area contributed by atoms with E-state index >= 15 is 0 Å². The fourth-order valence-corrected chi connectivity index (χ4v) is 0.882. The van der Waals surface area contributed by atoms with Crippen LogP contribution < -0.4 is 10.5 Å². The number of alkyl halides is 2. The second kappa shape index (κ2) is 3.42. The lowest BCUT2D eigenvalue weighted by molar-refractivity contribution is 0.145. The zero-order chi connectivity index (χ0) is 10.0. The van der Waals surface area contributed by atoms with E-state index in [9.17, 15) is 13.9 Å². The van der Waals surface area contributed by atoms with Gasteiger partial charge >= 0.3 is 0 Å². The third-order valence-electron chi connectivity index (χ3n) is 1.50. The van der Waals surface area contributed by atoms with E-state index in [0.717, 1.165) is 6.20 Å². The van der Waals surface area contributed by atoms with Crippen molar-refractivity contribution in [3.8, 4) is 11.5 Å². The lowest BCUT2D eigenvalue weighted by Crippen LogP contribution is -1.98. The van der Waals surface area contributed by atoms with Gasteiger partial charge in [0.05, 0.1) is 12.7 Å². The molecule has 0 radical (unpaired) electrons. The summed E-state index contributed by atoms with van der Waals surface area (Å²) in [6.45, 7) is 0. The smallest absolute Gasteiger partial charge is 0.269 e. The van der Waals surface area contributed by atoms with Crippen LogP contribution in [0.4, 0.5) is 14.6 Å². The fourth-order valence-electron chi connectivity index (χ4n) is 0.882. The van der Waals surface area contributed by atoms with Gasteiger partial charge in [-0.15, -0.1) is 0 Å². The summed E-state index contributed by atoms with van der Waals surface area (Å²) in [6.07, 6.45) is -1.88. The third kappa shape index (κ3) is 1.61. The van der Waals surface area contributed by atoms with Crippen LogP contribution in [0.2, 0.25) is 0 Å². The Morgan fingerprint density at radius 2 is 2.23 bits per heavy atom. The van der Waals surface area contributed by atoms with Crippen molar-refractivity contribution in [3.05, 3.63) is 11.8 Å². The van der Waals surface area contributed by atoms with Crippen LogP contribution in [0.3, 0.4) is 0 Å². The first-order chi connectivity index (χ1) is 6.07. The van der Waals surface area contributed by atoms with Crippen LogP contribution >= 0.6 is 0 Å². The van der Waals surface area contributed by atoms with Crippen molar-refractivity contribution >= 4 is 5.82 Å². The molecule has 3 N–H and O–H groups in total. The van der Waals surface area contributed by atoms with Crippen molar-refractivity contribution < 1.29 is 18.6 Å². The van der Waals surface area contributed by atoms with Crippen LogP contribution in [-0.4, -0.2) is 17.2 Å². The molecule has 1 aromatic heterocycles. The molecule has 1 aromatic rings. The standard InChI is InChI=1S/C7H8F2N2O2/c1-13-5-3(6(8)9)2-11-7(10)4(5)12/h2,6,12H,1H3,(H2,10,11). The zero-order valence-electron chi connectivity index (χ0n) is 6.79. The molecule has 0 atom stereocenters. The Balaban J connectivity index is 3.30. The Labute approximate surface area is 73.0 Å². The van der Waals surface area contributed by atoms with E-state index in [1.165, 1.54) is 7.11 Å². The Hall–Kier alpha value is -1.59. The van der Waals surface area contributed by atoms with E-state index < -0.39 is 17.7 Å². The number of ether oxygens (including phenoxy) is 1. The number of aromatic hydroxyl groups is 1. The van der Waals surface area contributed by atoms with E-state index in [1.807, 2.05) is 0 Å². The van der Waals surface area contributed by atoms with E-state index in [2.05, 4.69) is 9.72 Å². The number of rotatable bonds is 2. The van der Waals surface area contributed by atoms with Gasteiger partial charge in [0.2, 0.25) is 5.75 Å². The van der Waals surface area contributed by atoms with Crippen molar-refractivity contribution in [1.29, 1.82) is 0 Å². The Bertz CT molecular complexity index is 318. The van der Waals surface area contributed by atoms with E-state index in [1.54, 1.807) is 0 Å². The van der Waals surface area contributed by atoms with E-state index in [0.29, 0.717) is 0 Å². The van der Waals surface area contributed by atoms with Gasteiger partial charge < -0.3 is 15.6 Å². The highest BCUT2D eigenvalue weighted by Gasteiger charge is 2.19. The molecule has 0 fully saturated rings. The molecule has 1 heterocycles. The summed E-state index contributed by atoms with van der Waals surface area (Å²) in [7, 11) is 1.17. The number of aromatic nitrogens is 1. The number of halogens is 2. The van der Waals surface area contributed by atoms with Crippen LogP contribution in [0.1, 0.15) is 12.0 Å². The van der Waals surface area contributed by atoms with Crippen LogP contribution in [0.25, 0.3) is 0 Å². The molecule has 0 aromatic carbocycles. The summed E-state index contributed by atoms with van der Waals surface area (Å²) in [5.74, 6) is -1.12. The third-order valence-corrected chi connectivity index (χ3v) is 1.50.